The molecule has 6 heteroatoms. The van der Waals surface area contributed by atoms with Crippen molar-refractivity contribution in [2.24, 2.45) is 0 Å². The first-order valence-corrected chi connectivity index (χ1v) is 5.22. The molecule has 0 atom stereocenters. The molecule has 3 nitrogen and oxygen atoms in total. The number of hydrogen-bond acceptors (Lipinski definition) is 5. The average Bonchev–Trinajstić information content (AvgIpc) is 2.51. The largest absolute Gasteiger partial charge is 0.508 e. The first-order chi connectivity index (χ1) is 6.61. The molecule has 0 aliphatic heterocycles. The molecule has 0 aliphatic carbocycles. The normalized spacial score (nSPS) is 10.8. The van der Waals surface area contributed by atoms with Gasteiger partial charge in [-0.25, -0.2) is 0 Å². The molecule has 14 heavy (non-hydrogen) atoms. The van der Waals surface area contributed by atoms with Crippen molar-refractivity contribution in [3.05, 3.63) is 17.5 Å². The van der Waals surface area contributed by atoms with Crippen LogP contribution in [0.5, 0.6) is 5.75 Å². The minimum Gasteiger partial charge on any atom is -0.508 e. The van der Waals surface area contributed by atoms with E-state index < -0.39 is 7.12 Å². The summed E-state index contributed by atoms with van der Waals surface area (Å²) in [6.07, 6.45) is 0. The van der Waals surface area contributed by atoms with Crippen LogP contribution in [-0.2, 0) is 0 Å². The van der Waals surface area contributed by atoms with Crippen molar-refractivity contribution in [2.75, 3.05) is 0 Å². The Hall–Kier alpha value is -0.685. The van der Waals surface area contributed by atoms with E-state index in [2.05, 4.69) is 12.6 Å². The van der Waals surface area contributed by atoms with Gasteiger partial charge in [-0.1, -0.05) is 0 Å². The molecule has 2 rings (SSSR count). The van der Waals surface area contributed by atoms with Crippen LogP contribution in [0.15, 0.2) is 22.4 Å². The van der Waals surface area contributed by atoms with Crippen molar-refractivity contribution in [1.82, 2.24) is 0 Å². The number of rotatable bonds is 1. The first-order valence-electron chi connectivity index (χ1n) is 3.89. The molecule has 0 spiro atoms. The van der Waals surface area contributed by atoms with E-state index in [9.17, 15) is 5.11 Å². The third-order valence-corrected chi connectivity index (χ3v) is 3.45. The van der Waals surface area contributed by atoms with Crippen molar-refractivity contribution < 1.29 is 15.2 Å². The van der Waals surface area contributed by atoms with Crippen molar-refractivity contribution >= 4 is 46.6 Å². The van der Waals surface area contributed by atoms with Gasteiger partial charge < -0.3 is 15.2 Å². The number of hydrogen-bond donors (Lipinski definition) is 4. The lowest BCUT2D eigenvalue weighted by Crippen LogP contribution is -2.30. The molecule has 2 aromatic rings. The Bertz CT molecular complexity index is 481. The number of fused-ring (bicyclic) bond motifs is 1. The van der Waals surface area contributed by atoms with E-state index in [1.54, 1.807) is 6.07 Å². The molecule has 1 heterocycles. The summed E-state index contributed by atoms with van der Waals surface area (Å²) in [5.74, 6) is -0.143. The predicted molar refractivity (Wildman–Crippen MR) is 60.6 cm³/mol. The Morgan fingerprint density at radius 1 is 1.36 bits per heavy atom. The maximum atomic E-state index is 9.51. The summed E-state index contributed by atoms with van der Waals surface area (Å²) in [6, 6.07) is 3.14. The quantitative estimate of drug-likeness (QED) is 0.425. The summed E-state index contributed by atoms with van der Waals surface area (Å²) in [4.78, 5) is 0.636. The van der Waals surface area contributed by atoms with E-state index in [1.807, 2.05) is 5.38 Å². The highest BCUT2D eigenvalue weighted by atomic mass is 32.1. The number of aromatic hydroxyl groups is 1. The monoisotopic (exact) mass is 226 g/mol. The molecule has 0 amide bonds. The third-order valence-electron chi connectivity index (χ3n) is 2.00. The average molecular weight is 226 g/mol. The molecular weight excluding hydrogens is 219 g/mol. The molecule has 0 saturated carbocycles. The molecule has 1 aromatic carbocycles. The van der Waals surface area contributed by atoms with Gasteiger partial charge in [-0.3, -0.25) is 0 Å². The number of benzene rings is 1. The van der Waals surface area contributed by atoms with Gasteiger partial charge in [0.1, 0.15) is 5.75 Å². The first kappa shape index (κ1) is 9.85. The Labute approximate surface area is 90.2 Å². The Morgan fingerprint density at radius 3 is 2.71 bits per heavy atom. The Morgan fingerprint density at radius 2 is 2.07 bits per heavy atom. The fourth-order valence-corrected chi connectivity index (χ4v) is 2.63. The number of thiophene rings is 1. The predicted octanol–water partition coefficient (Wildman–Crippen LogP) is 0.575. The Balaban J connectivity index is 2.86. The van der Waals surface area contributed by atoms with Crippen LogP contribution in [0.4, 0.5) is 0 Å². The topological polar surface area (TPSA) is 60.7 Å². The van der Waals surface area contributed by atoms with Crippen LogP contribution >= 0.6 is 24.0 Å². The fourth-order valence-electron chi connectivity index (χ4n) is 1.40. The van der Waals surface area contributed by atoms with Gasteiger partial charge in [0.2, 0.25) is 0 Å². The maximum Gasteiger partial charge on any atom is 0.492 e. The number of thiol groups is 1. The molecule has 0 saturated heterocycles. The van der Waals surface area contributed by atoms with Crippen LogP contribution < -0.4 is 5.46 Å². The molecule has 3 N–H and O–H groups in total. The van der Waals surface area contributed by atoms with Crippen molar-refractivity contribution in [3.8, 4) is 5.75 Å². The number of phenolic OH excluding ortho intramolecular Hbond substituents is 1. The molecular formula is C8H7BO3S2. The summed E-state index contributed by atoms with van der Waals surface area (Å²) in [7, 11) is -1.67. The fraction of sp³-hybridized carbons (Fsp3) is 0. The van der Waals surface area contributed by atoms with Gasteiger partial charge in [-0.05, 0) is 22.9 Å². The van der Waals surface area contributed by atoms with Crippen LogP contribution in [0, 0.1) is 0 Å². The van der Waals surface area contributed by atoms with E-state index in [0.29, 0.717) is 10.3 Å². The molecule has 0 unspecified atom stereocenters. The van der Waals surface area contributed by atoms with E-state index in [0.717, 1.165) is 4.70 Å². The van der Waals surface area contributed by atoms with Gasteiger partial charge in [0.25, 0.3) is 0 Å². The second-order valence-electron chi connectivity index (χ2n) is 2.87. The van der Waals surface area contributed by atoms with Gasteiger partial charge in [-0.2, -0.15) is 0 Å². The second kappa shape index (κ2) is 3.47. The highest BCUT2D eigenvalue weighted by Gasteiger charge is 2.21. The van der Waals surface area contributed by atoms with Gasteiger partial charge >= 0.3 is 7.12 Å². The van der Waals surface area contributed by atoms with Crippen LogP contribution in [-0.4, -0.2) is 22.3 Å². The molecule has 1 aromatic heterocycles. The smallest absolute Gasteiger partial charge is 0.492 e. The molecule has 0 aliphatic rings. The molecule has 72 valence electrons. The summed E-state index contributed by atoms with van der Waals surface area (Å²) >= 11 is 5.63. The highest BCUT2D eigenvalue weighted by molar-refractivity contribution is 7.80. The lowest BCUT2D eigenvalue weighted by Gasteiger charge is -2.06. The van der Waals surface area contributed by atoms with E-state index in [1.165, 1.54) is 17.4 Å². The zero-order valence-electron chi connectivity index (χ0n) is 7.01. The minimum absolute atomic E-state index is 0.138. The van der Waals surface area contributed by atoms with Gasteiger partial charge in [0.15, 0.2) is 0 Å². The Kier molecular flexibility index (Phi) is 2.44. The van der Waals surface area contributed by atoms with E-state index in [-0.39, 0.29) is 11.2 Å². The lowest BCUT2D eigenvalue weighted by atomic mass is 9.77. The molecule has 0 bridgehead atoms. The summed E-state index contributed by atoms with van der Waals surface area (Å²) in [5, 5.41) is 30.1. The molecule has 0 fully saturated rings. The minimum atomic E-state index is -1.67. The number of phenols is 1. The lowest BCUT2D eigenvalue weighted by molar-refractivity contribution is 0.420. The van der Waals surface area contributed by atoms with Crippen molar-refractivity contribution in [1.29, 1.82) is 0 Å². The second-order valence-corrected chi connectivity index (χ2v) is 4.26. The highest BCUT2D eigenvalue weighted by Crippen LogP contribution is 2.29. The summed E-state index contributed by atoms with van der Waals surface area (Å²) < 4.78 is 0.842. The van der Waals surface area contributed by atoms with Crippen LogP contribution in [0.1, 0.15) is 0 Å². The van der Waals surface area contributed by atoms with Crippen molar-refractivity contribution in [2.45, 2.75) is 4.90 Å². The zero-order valence-corrected chi connectivity index (χ0v) is 8.72. The maximum absolute atomic E-state index is 9.51. The summed E-state index contributed by atoms with van der Waals surface area (Å²) in [6.45, 7) is 0. The zero-order chi connectivity index (χ0) is 10.3. The summed E-state index contributed by atoms with van der Waals surface area (Å²) in [5.41, 5.74) is 0.138. The standard InChI is InChI=1S/C8H7BO3S2/c10-5-3-6(13)8-4(1-2-14-8)7(5)9(11)12/h1-3,10-13H. The van der Waals surface area contributed by atoms with Gasteiger partial charge in [0.05, 0.1) is 0 Å². The van der Waals surface area contributed by atoms with E-state index >= 15 is 0 Å². The van der Waals surface area contributed by atoms with E-state index in [4.69, 9.17) is 10.0 Å². The van der Waals surface area contributed by atoms with Crippen molar-refractivity contribution in [3.63, 3.8) is 0 Å². The molecule has 0 radical (unpaired) electrons. The third kappa shape index (κ3) is 1.40. The van der Waals surface area contributed by atoms with Gasteiger partial charge in [0, 0.05) is 15.1 Å². The van der Waals surface area contributed by atoms with Crippen LogP contribution in [0.3, 0.4) is 0 Å². The van der Waals surface area contributed by atoms with Crippen LogP contribution in [0.2, 0.25) is 0 Å². The SMILES string of the molecule is OB(O)c1c(O)cc(S)c2sccc12. The van der Waals surface area contributed by atoms with Crippen LogP contribution in [0.25, 0.3) is 10.1 Å². The van der Waals surface area contributed by atoms with Gasteiger partial charge in [-0.15, -0.1) is 24.0 Å².